The second-order valence-electron chi connectivity index (χ2n) is 5.11. The Bertz CT molecular complexity index is 912. The Balaban J connectivity index is 2.27. The monoisotopic (exact) mass is 388 g/mol. The van der Waals surface area contributed by atoms with Crippen LogP contribution in [0.2, 0.25) is 0 Å². The van der Waals surface area contributed by atoms with Crippen LogP contribution in [0.25, 0.3) is 5.70 Å². The molecule has 2 rings (SSSR count). The van der Waals surface area contributed by atoms with Gasteiger partial charge in [-0.2, -0.15) is 26.7 Å². The molecule has 26 heavy (non-hydrogen) atoms. The lowest BCUT2D eigenvalue weighted by atomic mass is 10.1. The Kier molecular flexibility index (Phi) is 5.44. The Morgan fingerprint density at radius 2 is 1.65 bits per heavy atom. The summed E-state index contributed by atoms with van der Waals surface area (Å²) in [7, 11) is -4.16. The van der Waals surface area contributed by atoms with E-state index in [-0.39, 0.29) is 17.1 Å². The molecule has 140 valence electrons. The minimum absolute atomic E-state index is 0.0453. The average molecular weight is 388 g/mol. The van der Waals surface area contributed by atoms with E-state index < -0.39 is 22.0 Å². The number of nitrogens with two attached hydrogens (primary N) is 3. The lowest BCUT2D eigenvalue weighted by Crippen LogP contribution is -2.28. The van der Waals surface area contributed by atoms with Crippen LogP contribution in [0.1, 0.15) is 11.1 Å². The van der Waals surface area contributed by atoms with Gasteiger partial charge in [-0.15, -0.1) is 0 Å². The molecule has 0 aliphatic carbocycles. The highest BCUT2D eigenvalue weighted by Crippen LogP contribution is 2.35. The summed E-state index contributed by atoms with van der Waals surface area (Å²) in [6, 6.07) is 10.1. The van der Waals surface area contributed by atoms with E-state index in [1.165, 1.54) is 42.5 Å². The third kappa shape index (κ3) is 5.12. The lowest BCUT2D eigenvalue weighted by Gasteiger charge is -2.20. The summed E-state index contributed by atoms with van der Waals surface area (Å²) < 4.78 is 65.3. The second kappa shape index (κ2) is 7.23. The van der Waals surface area contributed by atoms with Gasteiger partial charge in [-0.25, -0.2) is 5.84 Å². The number of nitrogens with zero attached hydrogens (tertiary/aromatic N) is 1. The van der Waals surface area contributed by atoms with E-state index >= 15 is 0 Å². The zero-order chi connectivity index (χ0) is 19.5. The smallest absolute Gasteiger partial charge is 0.397 e. The molecule has 2 aromatic rings. The van der Waals surface area contributed by atoms with Crippen LogP contribution in [0, 0.1) is 0 Å². The molecule has 6 N–H and O–H groups in total. The van der Waals surface area contributed by atoms with E-state index in [1.807, 2.05) is 0 Å². The van der Waals surface area contributed by atoms with Crippen LogP contribution in [0.3, 0.4) is 0 Å². The fourth-order valence-corrected chi connectivity index (χ4v) is 2.45. The van der Waals surface area contributed by atoms with Crippen LogP contribution in [0.15, 0.2) is 54.7 Å². The maximum Gasteiger partial charge on any atom is 0.418 e. The van der Waals surface area contributed by atoms with Gasteiger partial charge < -0.3 is 9.92 Å². The molecule has 7 nitrogen and oxygen atoms in total. The summed E-state index contributed by atoms with van der Waals surface area (Å²) in [6.45, 7) is 0. The zero-order valence-electron chi connectivity index (χ0n) is 13.1. The molecular weight excluding hydrogens is 373 g/mol. The first kappa shape index (κ1) is 19.6. The van der Waals surface area contributed by atoms with E-state index in [9.17, 15) is 21.6 Å². The molecule has 2 aromatic carbocycles. The molecule has 0 aromatic heterocycles. The molecule has 0 atom stereocenters. The van der Waals surface area contributed by atoms with E-state index in [1.54, 1.807) is 0 Å². The first-order valence-corrected chi connectivity index (χ1v) is 8.44. The van der Waals surface area contributed by atoms with Crippen molar-refractivity contribution in [1.29, 1.82) is 0 Å². The molecule has 0 heterocycles. The number of alkyl halides is 3. The van der Waals surface area contributed by atoms with Gasteiger partial charge >= 0.3 is 16.5 Å². The number of benzene rings is 2. The number of hydrazine groups is 1. The van der Waals surface area contributed by atoms with E-state index in [0.717, 1.165) is 17.3 Å². The molecule has 0 saturated heterocycles. The largest absolute Gasteiger partial charge is 0.418 e. The Morgan fingerprint density at radius 3 is 2.19 bits per heavy atom. The molecule has 0 aliphatic rings. The fraction of sp³-hybridized carbons (Fsp3) is 0.0667. The summed E-state index contributed by atoms with van der Waals surface area (Å²) >= 11 is 0. The van der Waals surface area contributed by atoms with Crippen molar-refractivity contribution in [3.8, 4) is 5.75 Å². The van der Waals surface area contributed by atoms with Gasteiger partial charge in [0.25, 0.3) is 0 Å². The van der Waals surface area contributed by atoms with Gasteiger partial charge in [0, 0.05) is 6.20 Å². The number of hydrogen-bond donors (Lipinski definition) is 3. The molecule has 0 aliphatic heterocycles. The van der Waals surface area contributed by atoms with E-state index in [2.05, 4.69) is 4.18 Å². The topological polar surface area (TPSA) is 125 Å². The van der Waals surface area contributed by atoms with E-state index in [0.29, 0.717) is 5.56 Å². The van der Waals surface area contributed by atoms with Gasteiger partial charge in [0.05, 0.1) is 16.9 Å². The van der Waals surface area contributed by atoms with Crippen molar-refractivity contribution in [3.05, 3.63) is 65.9 Å². The van der Waals surface area contributed by atoms with Crippen molar-refractivity contribution in [2.24, 2.45) is 16.7 Å². The first-order valence-electron chi connectivity index (χ1n) is 6.97. The molecular formula is C15H15F3N4O3S. The number of hydrogen-bond acceptors (Lipinski definition) is 6. The highest BCUT2D eigenvalue weighted by atomic mass is 32.2. The number of anilines is 1. The van der Waals surface area contributed by atoms with Crippen molar-refractivity contribution in [2.45, 2.75) is 6.18 Å². The van der Waals surface area contributed by atoms with Crippen LogP contribution in [0.5, 0.6) is 5.75 Å². The standard InChI is InChI=1S/C15H15F3N4O3S/c16-15(17,18)12-3-1-2-4-14(12)22(20)9-13(19)10-5-7-11(8-6-10)25-26(21,23)24/h1-9H,19-20H2,(H2,21,23,24)/b13-9-. The van der Waals surface area contributed by atoms with Gasteiger partial charge in [0.2, 0.25) is 0 Å². The van der Waals surface area contributed by atoms with Gasteiger partial charge in [-0.05, 0) is 42.0 Å². The maximum atomic E-state index is 13.0. The van der Waals surface area contributed by atoms with Gasteiger partial charge in [0.1, 0.15) is 5.75 Å². The maximum absolute atomic E-state index is 13.0. The quantitative estimate of drug-likeness (QED) is 0.531. The van der Waals surface area contributed by atoms with Crippen LogP contribution in [-0.4, -0.2) is 8.42 Å². The minimum atomic E-state index is -4.58. The molecule has 0 saturated carbocycles. The van der Waals surface area contributed by atoms with Crippen LogP contribution >= 0.6 is 0 Å². The minimum Gasteiger partial charge on any atom is -0.397 e. The predicted molar refractivity (Wildman–Crippen MR) is 90.5 cm³/mol. The molecule has 0 unspecified atom stereocenters. The molecule has 0 radical (unpaired) electrons. The molecule has 0 fully saturated rings. The summed E-state index contributed by atoms with van der Waals surface area (Å²) in [6.07, 6.45) is -3.47. The van der Waals surface area contributed by atoms with Crippen LogP contribution in [-0.2, 0) is 16.5 Å². The summed E-state index contributed by atoms with van der Waals surface area (Å²) in [5.41, 5.74) is 5.08. The van der Waals surface area contributed by atoms with Crippen LogP contribution in [0.4, 0.5) is 18.9 Å². The molecule has 11 heteroatoms. The van der Waals surface area contributed by atoms with Gasteiger partial charge in [-0.1, -0.05) is 12.1 Å². The SMILES string of the molecule is N/C(=C\N(N)c1ccccc1C(F)(F)F)c1ccc(OS(N)(=O)=O)cc1. The van der Waals surface area contributed by atoms with E-state index in [4.69, 9.17) is 16.7 Å². The van der Waals surface area contributed by atoms with Crippen molar-refractivity contribution in [2.75, 3.05) is 5.01 Å². The predicted octanol–water partition coefficient (Wildman–Crippen LogP) is 1.93. The number of rotatable bonds is 5. The molecule has 0 spiro atoms. The summed E-state index contributed by atoms with van der Waals surface area (Å²) in [5, 5.41) is 5.50. The molecule has 0 amide bonds. The Labute approximate surface area is 147 Å². The number of para-hydroxylation sites is 1. The Morgan fingerprint density at radius 1 is 1.08 bits per heavy atom. The summed E-state index contributed by atoms with van der Waals surface area (Å²) in [5.74, 6) is 5.66. The van der Waals surface area contributed by atoms with Crippen LogP contribution < -0.4 is 25.9 Å². The Hall–Kier alpha value is -2.76. The van der Waals surface area contributed by atoms with Gasteiger partial charge in [0.15, 0.2) is 0 Å². The second-order valence-corrected chi connectivity index (χ2v) is 6.26. The average Bonchev–Trinajstić information content (AvgIpc) is 2.53. The van der Waals surface area contributed by atoms with Crippen molar-refractivity contribution in [1.82, 2.24) is 0 Å². The van der Waals surface area contributed by atoms with Crippen molar-refractivity contribution >= 4 is 21.7 Å². The normalized spacial score (nSPS) is 12.7. The highest BCUT2D eigenvalue weighted by molar-refractivity contribution is 7.84. The van der Waals surface area contributed by atoms with Gasteiger partial charge in [-0.3, -0.25) is 5.01 Å². The molecule has 0 bridgehead atoms. The van der Waals surface area contributed by atoms with Crippen molar-refractivity contribution < 1.29 is 25.8 Å². The fourth-order valence-electron chi connectivity index (χ4n) is 2.07. The zero-order valence-corrected chi connectivity index (χ0v) is 14.0. The van der Waals surface area contributed by atoms with Crippen molar-refractivity contribution in [3.63, 3.8) is 0 Å². The summed E-state index contributed by atoms with van der Waals surface area (Å²) in [4.78, 5) is 0. The third-order valence-corrected chi connectivity index (χ3v) is 3.59. The third-order valence-electron chi connectivity index (χ3n) is 3.17. The lowest BCUT2D eigenvalue weighted by molar-refractivity contribution is -0.137. The first-order chi connectivity index (χ1) is 12.0. The highest BCUT2D eigenvalue weighted by Gasteiger charge is 2.34. The number of halogens is 3.